The first-order valence-corrected chi connectivity index (χ1v) is 9.23. The first-order valence-electron chi connectivity index (χ1n) is 9.23. The van der Waals surface area contributed by atoms with E-state index in [-0.39, 0.29) is 0 Å². The van der Waals surface area contributed by atoms with Crippen molar-refractivity contribution < 1.29 is 4.74 Å². The molecule has 25 heavy (non-hydrogen) atoms. The maximum atomic E-state index is 5.56. The Bertz CT molecular complexity index is 667. The minimum atomic E-state index is 0.504. The minimum Gasteiger partial charge on any atom is -0.379 e. The molecule has 0 saturated carbocycles. The van der Waals surface area contributed by atoms with Gasteiger partial charge >= 0.3 is 0 Å². The summed E-state index contributed by atoms with van der Waals surface area (Å²) in [5.41, 5.74) is 2.47. The van der Waals surface area contributed by atoms with Crippen LogP contribution in [0.4, 0.5) is 0 Å². The quantitative estimate of drug-likeness (QED) is 0.821. The van der Waals surface area contributed by atoms with Crippen LogP contribution < -0.4 is 0 Å². The Kier molecular flexibility index (Phi) is 5.10. The second-order valence-corrected chi connectivity index (χ2v) is 7.09. The van der Waals surface area contributed by atoms with Gasteiger partial charge in [0.15, 0.2) is 0 Å². The monoisotopic (exact) mass is 341 g/mol. The van der Waals surface area contributed by atoms with Crippen LogP contribution in [-0.4, -0.2) is 69.5 Å². The average molecular weight is 341 g/mol. The van der Waals surface area contributed by atoms with E-state index in [4.69, 9.17) is 4.74 Å². The molecule has 2 aliphatic rings. The molecule has 0 amide bonds. The van der Waals surface area contributed by atoms with E-state index in [0.29, 0.717) is 12.1 Å². The Hall–Kier alpha value is -1.76. The lowest BCUT2D eigenvalue weighted by molar-refractivity contribution is 0.00782. The van der Waals surface area contributed by atoms with E-state index in [1.807, 2.05) is 30.2 Å². The number of hydrogen-bond acceptors (Lipinski definition) is 5. The van der Waals surface area contributed by atoms with Gasteiger partial charge in [-0.1, -0.05) is 6.07 Å². The van der Waals surface area contributed by atoms with E-state index in [1.165, 1.54) is 12.0 Å². The summed E-state index contributed by atoms with van der Waals surface area (Å²) in [6.45, 7) is 5.86. The van der Waals surface area contributed by atoms with Gasteiger partial charge in [0.05, 0.1) is 25.1 Å². The molecule has 134 valence electrons. The number of aromatic nitrogens is 3. The molecule has 0 N–H and O–H groups in total. The van der Waals surface area contributed by atoms with Crippen LogP contribution in [0.3, 0.4) is 0 Å². The van der Waals surface area contributed by atoms with Crippen LogP contribution in [0.2, 0.25) is 0 Å². The van der Waals surface area contributed by atoms with Crippen molar-refractivity contribution in [1.82, 2.24) is 24.6 Å². The lowest BCUT2D eigenvalue weighted by Gasteiger charge is -2.37. The predicted molar refractivity (Wildman–Crippen MR) is 96.1 cm³/mol. The number of rotatable bonds is 5. The lowest BCUT2D eigenvalue weighted by atomic mass is 10.00. The molecule has 6 nitrogen and oxygen atoms in total. The molecule has 2 aromatic rings. The summed E-state index contributed by atoms with van der Waals surface area (Å²) in [6.07, 6.45) is 8.31. The van der Waals surface area contributed by atoms with Gasteiger partial charge in [-0.15, -0.1) is 0 Å². The van der Waals surface area contributed by atoms with Gasteiger partial charge in [0.25, 0.3) is 0 Å². The van der Waals surface area contributed by atoms with E-state index < -0.39 is 0 Å². The van der Waals surface area contributed by atoms with Crippen molar-refractivity contribution in [2.75, 3.05) is 32.8 Å². The fourth-order valence-electron chi connectivity index (χ4n) is 4.21. The molecule has 0 aromatic carbocycles. The molecule has 0 bridgehead atoms. The topological polar surface area (TPSA) is 46.4 Å². The number of ether oxygens (including phenoxy) is 1. The third-order valence-corrected chi connectivity index (χ3v) is 5.43. The molecule has 0 radical (unpaired) electrons. The van der Waals surface area contributed by atoms with Crippen molar-refractivity contribution in [3.8, 4) is 0 Å². The summed E-state index contributed by atoms with van der Waals surface area (Å²) in [5.74, 6) is 0. The summed E-state index contributed by atoms with van der Waals surface area (Å²) >= 11 is 0. The fourth-order valence-corrected chi connectivity index (χ4v) is 4.21. The lowest BCUT2D eigenvalue weighted by Crippen LogP contribution is -2.50. The van der Waals surface area contributed by atoms with Crippen molar-refractivity contribution in [2.24, 2.45) is 7.05 Å². The van der Waals surface area contributed by atoms with Gasteiger partial charge in [-0.25, -0.2) is 0 Å². The molecular formula is C19H27N5O. The largest absolute Gasteiger partial charge is 0.379 e. The van der Waals surface area contributed by atoms with Crippen LogP contribution in [0.1, 0.15) is 17.7 Å². The first-order chi connectivity index (χ1) is 12.3. The van der Waals surface area contributed by atoms with Gasteiger partial charge in [-0.05, 0) is 30.5 Å². The summed E-state index contributed by atoms with van der Waals surface area (Å²) in [5, 5.41) is 4.36. The summed E-state index contributed by atoms with van der Waals surface area (Å²) in [6, 6.07) is 7.28. The highest BCUT2D eigenvalue weighted by Gasteiger charge is 2.38. The predicted octanol–water partition coefficient (Wildman–Crippen LogP) is 1.33. The summed E-state index contributed by atoms with van der Waals surface area (Å²) in [4.78, 5) is 9.77. The minimum absolute atomic E-state index is 0.504. The van der Waals surface area contributed by atoms with Gasteiger partial charge < -0.3 is 4.74 Å². The Morgan fingerprint density at radius 2 is 2.08 bits per heavy atom. The molecule has 2 saturated heterocycles. The zero-order chi connectivity index (χ0) is 17.1. The van der Waals surface area contributed by atoms with Crippen LogP contribution >= 0.6 is 0 Å². The normalized spacial score (nSPS) is 25.5. The van der Waals surface area contributed by atoms with E-state index >= 15 is 0 Å². The molecule has 6 heteroatoms. The van der Waals surface area contributed by atoms with Crippen molar-refractivity contribution in [3.63, 3.8) is 0 Å². The molecule has 2 atom stereocenters. The fraction of sp³-hybridized carbons (Fsp3) is 0.579. The van der Waals surface area contributed by atoms with E-state index in [2.05, 4.69) is 38.2 Å². The van der Waals surface area contributed by atoms with Crippen molar-refractivity contribution >= 4 is 0 Å². The molecule has 4 heterocycles. The highest BCUT2D eigenvalue weighted by molar-refractivity contribution is 5.11. The van der Waals surface area contributed by atoms with Gasteiger partial charge in [0.2, 0.25) is 0 Å². The SMILES string of the molecule is Cn1cc(C[C@@H]2[C@@H](N3CCOCC3)CCN2Cc2ccccn2)cn1. The zero-order valence-corrected chi connectivity index (χ0v) is 14.9. The molecule has 2 aliphatic heterocycles. The number of aryl methyl sites for hydroxylation is 1. The Labute approximate surface area is 149 Å². The van der Waals surface area contributed by atoms with E-state index in [1.54, 1.807) is 0 Å². The second-order valence-electron chi connectivity index (χ2n) is 7.09. The smallest absolute Gasteiger partial charge is 0.0594 e. The van der Waals surface area contributed by atoms with Gasteiger partial charge in [-0.2, -0.15) is 5.10 Å². The standard InChI is InChI=1S/C19H27N5O/c1-22-14-16(13-21-22)12-19-18(23-8-10-25-11-9-23)5-7-24(19)15-17-4-2-3-6-20-17/h2-4,6,13-14,18-19H,5,7-12,15H2,1H3/t18-,19+/m0/s1. The molecule has 0 spiro atoms. The maximum Gasteiger partial charge on any atom is 0.0594 e. The molecule has 0 unspecified atom stereocenters. The number of nitrogens with zero attached hydrogens (tertiary/aromatic N) is 5. The Balaban J connectivity index is 1.52. The van der Waals surface area contributed by atoms with Crippen LogP contribution in [0.25, 0.3) is 0 Å². The third kappa shape index (κ3) is 3.92. The highest BCUT2D eigenvalue weighted by Crippen LogP contribution is 2.28. The summed E-state index contributed by atoms with van der Waals surface area (Å²) < 4.78 is 7.46. The molecule has 2 fully saturated rings. The van der Waals surface area contributed by atoms with Crippen LogP contribution in [0.5, 0.6) is 0 Å². The van der Waals surface area contributed by atoms with Gasteiger partial charge in [-0.3, -0.25) is 19.5 Å². The zero-order valence-electron chi connectivity index (χ0n) is 14.9. The van der Waals surface area contributed by atoms with Crippen LogP contribution in [0.15, 0.2) is 36.8 Å². The Morgan fingerprint density at radius 1 is 1.20 bits per heavy atom. The van der Waals surface area contributed by atoms with Gasteiger partial charge in [0.1, 0.15) is 0 Å². The maximum absolute atomic E-state index is 5.56. The van der Waals surface area contributed by atoms with E-state index in [9.17, 15) is 0 Å². The van der Waals surface area contributed by atoms with Crippen LogP contribution in [-0.2, 0) is 24.8 Å². The molecule has 4 rings (SSSR count). The third-order valence-electron chi connectivity index (χ3n) is 5.43. The number of likely N-dealkylation sites (tertiary alicyclic amines) is 1. The van der Waals surface area contributed by atoms with Crippen molar-refractivity contribution in [1.29, 1.82) is 0 Å². The van der Waals surface area contributed by atoms with Crippen molar-refractivity contribution in [3.05, 3.63) is 48.0 Å². The number of pyridine rings is 1. The molecule has 0 aliphatic carbocycles. The highest BCUT2D eigenvalue weighted by atomic mass is 16.5. The van der Waals surface area contributed by atoms with E-state index in [0.717, 1.165) is 51.5 Å². The molecular weight excluding hydrogens is 314 g/mol. The molecule has 2 aromatic heterocycles. The first kappa shape index (κ1) is 16.7. The van der Waals surface area contributed by atoms with Crippen molar-refractivity contribution in [2.45, 2.75) is 31.5 Å². The number of morpholine rings is 1. The Morgan fingerprint density at radius 3 is 2.80 bits per heavy atom. The second kappa shape index (κ2) is 7.64. The van der Waals surface area contributed by atoms with Crippen LogP contribution in [0, 0.1) is 0 Å². The number of hydrogen-bond donors (Lipinski definition) is 0. The summed E-state index contributed by atoms with van der Waals surface area (Å²) in [7, 11) is 1.99. The van der Waals surface area contributed by atoms with Gasteiger partial charge in [0, 0.05) is 57.7 Å². The average Bonchev–Trinajstić information content (AvgIpc) is 3.24.